The summed E-state index contributed by atoms with van der Waals surface area (Å²) in [6.45, 7) is 7.00. The molecule has 0 aliphatic carbocycles. The Morgan fingerprint density at radius 1 is 1.33 bits per heavy atom. The Bertz CT molecular complexity index is 184. The molecular weight excluding hydrogens is 190 g/mol. The van der Waals surface area contributed by atoms with Crippen molar-refractivity contribution in [2.45, 2.75) is 26.2 Å². The van der Waals surface area contributed by atoms with Crippen molar-refractivity contribution < 1.29 is 4.79 Å². The fraction of sp³-hybridized carbons (Fsp3) is 0.909. The molecule has 88 valence electrons. The van der Waals surface area contributed by atoms with Gasteiger partial charge in [-0.05, 0) is 25.8 Å². The summed E-state index contributed by atoms with van der Waals surface area (Å²) in [5.74, 6) is 0.273. The van der Waals surface area contributed by atoms with Gasteiger partial charge in [0.2, 0.25) is 5.91 Å². The van der Waals surface area contributed by atoms with Gasteiger partial charge in [-0.15, -0.1) is 0 Å². The number of hydrogen-bond donors (Lipinski definition) is 1. The lowest BCUT2D eigenvalue weighted by atomic mass is 10.3. The van der Waals surface area contributed by atoms with Gasteiger partial charge in [0.1, 0.15) is 0 Å². The van der Waals surface area contributed by atoms with Crippen molar-refractivity contribution in [3.63, 3.8) is 0 Å². The topological polar surface area (TPSA) is 49.6 Å². The van der Waals surface area contributed by atoms with Gasteiger partial charge in [-0.3, -0.25) is 9.69 Å². The molecule has 0 unspecified atom stereocenters. The number of carbonyl (C=O) groups excluding carboxylic acids is 1. The van der Waals surface area contributed by atoms with Crippen molar-refractivity contribution in [1.29, 1.82) is 0 Å². The quantitative estimate of drug-likeness (QED) is 0.689. The molecule has 1 fully saturated rings. The van der Waals surface area contributed by atoms with Crippen LogP contribution in [0.1, 0.15) is 26.2 Å². The van der Waals surface area contributed by atoms with E-state index < -0.39 is 0 Å². The smallest absolute Gasteiger partial charge is 0.236 e. The fourth-order valence-corrected chi connectivity index (χ4v) is 2.03. The van der Waals surface area contributed by atoms with Crippen LogP contribution in [0, 0.1) is 0 Å². The molecule has 1 heterocycles. The minimum Gasteiger partial charge on any atom is -0.342 e. The molecule has 0 spiro atoms. The first-order valence-corrected chi connectivity index (χ1v) is 5.98. The SMILES string of the molecule is CCCN(CCN)CC(=O)N1CCCC1. The molecule has 1 saturated heterocycles. The molecule has 15 heavy (non-hydrogen) atoms. The van der Waals surface area contributed by atoms with Gasteiger partial charge in [0, 0.05) is 26.2 Å². The Hall–Kier alpha value is -0.610. The summed E-state index contributed by atoms with van der Waals surface area (Å²) < 4.78 is 0. The van der Waals surface area contributed by atoms with E-state index in [9.17, 15) is 4.79 Å². The van der Waals surface area contributed by atoms with E-state index >= 15 is 0 Å². The Kier molecular flexibility index (Phi) is 5.65. The largest absolute Gasteiger partial charge is 0.342 e. The van der Waals surface area contributed by atoms with Crippen LogP contribution in [0.25, 0.3) is 0 Å². The van der Waals surface area contributed by atoms with E-state index in [4.69, 9.17) is 5.73 Å². The number of rotatable bonds is 6. The third-order valence-electron chi connectivity index (χ3n) is 2.80. The van der Waals surface area contributed by atoms with Crippen molar-refractivity contribution in [3.8, 4) is 0 Å². The second kappa shape index (κ2) is 6.80. The molecule has 0 saturated carbocycles. The fourth-order valence-electron chi connectivity index (χ4n) is 2.03. The van der Waals surface area contributed by atoms with Crippen LogP contribution in [0.3, 0.4) is 0 Å². The van der Waals surface area contributed by atoms with E-state index in [0.717, 1.165) is 45.4 Å². The summed E-state index contributed by atoms with van der Waals surface area (Å²) in [6.07, 6.45) is 3.40. The Morgan fingerprint density at radius 3 is 2.53 bits per heavy atom. The zero-order valence-corrected chi connectivity index (χ0v) is 9.74. The van der Waals surface area contributed by atoms with Gasteiger partial charge in [0.25, 0.3) is 0 Å². The maximum absolute atomic E-state index is 11.8. The molecule has 1 aliphatic rings. The lowest BCUT2D eigenvalue weighted by Gasteiger charge is -2.23. The van der Waals surface area contributed by atoms with Gasteiger partial charge in [0.05, 0.1) is 6.54 Å². The van der Waals surface area contributed by atoms with Gasteiger partial charge in [-0.2, -0.15) is 0 Å². The summed E-state index contributed by atoms with van der Waals surface area (Å²) in [7, 11) is 0. The third-order valence-corrected chi connectivity index (χ3v) is 2.80. The zero-order chi connectivity index (χ0) is 11.1. The highest BCUT2D eigenvalue weighted by atomic mass is 16.2. The number of nitrogens with zero attached hydrogens (tertiary/aromatic N) is 2. The van der Waals surface area contributed by atoms with Crippen LogP contribution < -0.4 is 5.73 Å². The van der Waals surface area contributed by atoms with Crippen molar-refractivity contribution in [3.05, 3.63) is 0 Å². The Balaban J connectivity index is 2.31. The maximum Gasteiger partial charge on any atom is 0.236 e. The molecule has 1 amide bonds. The summed E-state index contributed by atoms with van der Waals surface area (Å²) in [5, 5.41) is 0. The van der Waals surface area contributed by atoms with Crippen molar-refractivity contribution >= 4 is 5.91 Å². The number of hydrogen-bond acceptors (Lipinski definition) is 3. The first-order valence-electron chi connectivity index (χ1n) is 5.98. The van der Waals surface area contributed by atoms with E-state index in [1.54, 1.807) is 0 Å². The molecular formula is C11H23N3O. The lowest BCUT2D eigenvalue weighted by Crippen LogP contribution is -2.41. The van der Waals surface area contributed by atoms with Gasteiger partial charge in [-0.25, -0.2) is 0 Å². The van der Waals surface area contributed by atoms with Crippen LogP contribution >= 0.6 is 0 Å². The molecule has 0 aromatic heterocycles. The first kappa shape index (κ1) is 12.5. The van der Waals surface area contributed by atoms with Crippen molar-refractivity contribution in [2.75, 3.05) is 39.3 Å². The zero-order valence-electron chi connectivity index (χ0n) is 9.74. The predicted octanol–water partition coefficient (Wildman–Crippen LogP) is 0.280. The highest BCUT2D eigenvalue weighted by Crippen LogP contribution is 2.08. The van der Waals surface area contributed by atoms with Crippen LogP contribution in [-0.2, 0) is 4.79 Å². The van der Waals surface area contributed by atoms with E-state index in [1.165, 1.54) is 0 Å². The summed E-state index contributed by atoms with van der Waals surface area (Å²) in [4.78, 5) is 16.0. The Morgan fingerprint density at radius 2 is 2.00 bits per heavy atom. The van der Waals surface area contributed by atoms with Gasteiger partial charge < -0.3 is 10.6 Å². The van der Waals surface area contributed by atoms with Crippen molar-refractivity contribution in [2.24, 2.45) is 5.73 Å². The molecule has 0 atom stereocenters. The highest BCUT2D eigenvalue weighted by molar-refractivity contribution is 5.78. The van der Waals surface area contributed by atoms with Crippen molar-refractivity contribution in [1.82, 2.24) is 9.80 Å². The summed E-state index contributed by atoms with van der Waals surface area (Å²) in [5.41, 5.74) is 5.52. The Labute approximate surface area is 92.4 Å². The first-order chi connectivity index (χ1) is 7.27. The molecule has 0 bridgehead atoms. The summed E-state index contributed by atoms with van der Waals surface area (Å²) >= 11 is 0. The van der Waals surface area contributed by atoms with Crippen LogP contribution in [0.4, 0.5) is 0 Å². The van der Waals surface area contributed by atoms with E-state index in [-0.39, 0.29) is 5.91 Å². The highest BCUT2D eigenvalue weighted by Gasteiger charge is 2.19. The van der Waals surface area contributed by atoms with Crippen LogP contribution in [-0.4, -0.2) is 55.0 Å². The lowest BCUT2D eigenvalue weighted by molar-refractivity contribution is -0.131. The molecule has 1 aliphatic heterocycles. The predicted molar refractivity (Wildman–Crippen MR) is 61.6 cm³/mol. The molecule has 2 N–H and O–H groups in total. The number of nitrogens with two attached hydrogens (primary N) is 1. The van der Waals surface area contributed by atoms with E-state index in [2.05, 4.69) is 11.8 Å². The van der Waals surface area contributed by atoms with Gasteiger partial charge in [0.15, 0.2) is 0 Å². The molecule has 1 rings (SSSR count). The normalized spacial score (nSPS) is 16.3. The number of carbonyl (C=O) groups is 1. The third kappa shape index (κ3) is 4.18. The van der Waals surface area contributed by atoms with Crippen LogP contribution in [0.5, 0.6) is 0 Å². The minimum atomic E-state index is 0.273. The summed E-state index contributed by atoms with van der Waals surface area (Å²) in [6, 6.07) is 0. The second-order valence-electron chi connectivity index (χ2n) is 4.15. The van der Waals surface area contributed by atoms with Gasteiger partial charge in [-0.1, -0.05) is 6.92 Å². The van der Waals surface area contributed by atoms with Gasteiger partial charge >= 0.3 is 0 Å². The molecule has 0 aromatic carbocycles. The van der Waals surface area contributed by atoms with E-state index in [0.29, 0.717) is 13.1 Å². The van der Waals surface area contributed by atoms with Crippen LogP contribution in [0.15, 0.2) is 0 Å². The standard InChI is InChI=1S/C11H23N3O/c1-2-6-13(9-5-12)10-11(15)14-7-3-4-8-14/h2-10,12H2,1H3. The number of amides is 1. The van der Waals surface area contributed by atoms with E-state index in [1.807, 2.05) is 4.90 Å². The average molecular weight is 213 g/mol. The monoisotopic (exact) mass is 213 g/mol. The molecule has 0 aromatic rings. The molecule has 0 radical (unpaired) electrons. The molecule has 4 nitrogen and oxygen atoms in total. The number of likely N-dealkylation sites (tertiary alicyclic amines) is 1. The average Bonchev–Trinajstić information content (AvgIpc) is 2.71. The maximum atomic E-state index is 11.8. The second-order valence-corrected chi connectivity index (χ2v) is 4.15. The minimum absolute atomic E-state index is 0.273. The van der Waals surface area contributed by atoms with Crippen LogP contribution in [0.2, 0.25) is 0 Å². The molecule has 4 heteroatoms.